The van der Waals surface area contributed by atoms with Crippen LogP contribution in [0.4, 0.5) is 0 Å². The molecule has 2 aromatic heterocycles. The number of hydrogen-bond donors (Lipinski definition) is 0. The average Bonchev–Trinajstić information content (AvgIpc) is 3.18. The van der Waals surface area contributed by atoms with Crippen LogP contribution in [0.5, 0.6) is 0 Å². The van der Waals surface area contributed by atoms with Crippen molar-refractivity contribution in [2.24, 2.45) is 7.05 Å². The molecule has 0 aliphatic carbocycles. The van der Waals surface area contributed by atoms with Crippen molar-refractivity contribution in [3.63, 3.8) is 0 Å². The van der Waals surface area contributed by atoms with E-state index in [0.29, 0.717) is 30.6 Å². The van der Waals surface area contributed by atoms with Gasteiger partial charge in [-0.3, -0.25) is 24.0 Å². The number of likely N-dealkylation sites (tertiary alicyclic amines) is 1. The predicted octanol–water partition coefficient (Wildman–Crippen LogP) is 1.47. The summed E-state index contributed by atoms with van der Waals surface area (Å²) in [7, 11) is 3.36. The van der Waals surface area contributed by atoms with E-state index in [-0.39, 0.29) is 17.2 Å². The monoisotopic (exact) mass is 395 g/mol. The lowest BCUT2D eigenvalue weighted by Gasteiger charge is -2.26. The van der Waals surface area contributed by atoms with Crippen LogP contribution < -0.4 is 11.1 Å². The predicted molar refractivity (Wildman–Crippen MR) is 110 cm³/mol. The highest BCUT2D eigenvalue weighted by molar-refractivity contribution is 5.77. The number of fused-ring (bicyclic) bond motifs is 1. The molecule has 0 bridgehead atoms. The number of aryl methyl sites for hydroxylation is 1. The van der Waals surface area contributed by atoms with E-state index in [1.165, 1.54) is 10.8 Å². The minimum atomic E-state index is -0.128. The third kappa shape index (κ3) is 3.86. The molecule has 0 N–H and O–H groups in total. The van der Waals surface area contributed by atoms with Gasteiger partial charge in [-0.05, 0) is 31.5 Å². The number of aromatic nitrogens is 4. The van der Waals surface area contributed by atoms with Crippen LogP contribution in [0, 0.1) is 0 Å². The molecule has 1 unspecified atom stereocenters. The molecular weight excluding hydrogens is 370 g/mol. The van der Waals surface area contributed by atoms with E-state index in [1.807, 2.05) is 24.3 Å². The summed E-state index contributed by atoms with van der Waals surface area (Å²) < 4.78 is 8.52. The van der Waals surface area contributed by atoms with E-state index < -0.39 is 0 Å². The summed E-state index contributed by atoms with van der Waals surface area (Å²) in [6.07, 6.45) is 5.06. The molecule has 1 aliphatic heterocycles. The van der Waals surface area contributed by atoms with Crippen molar-refractivity contribution in [3.8, 4) is 0 Å². The highest BCUT2D eigenvalue weighted by Crippen LogP contribution is 2.32. The van der Waals surface area contributed by atoms with E-state index in [9.17, 15) is 9.59 Å². The van der Waals surface area contributed by atoms with Crippen molar-refractivity contribution in [1.82, 2.24) is 24.0 Å². The Labute approximate surface area is 168 Å². The fourth-order valence-corrected chi connectivity index (χ4v) is 3.99. The van der Waals surface area contributed by atoms with Gasteiger partial charge in [-0.2, -0.15) is 0 Å². The highest BCUT2D eigenvalue weighted by Gasteiger charge is 2.30. The van der Waals surface area contributed by atoms with Crippen molar-refractivity contribution in [2.45, 2.75) is 32.0 Å². The second-order valence-corrected chi connectivity index (χ2v) is 7.39. The molecule has 8 heteroatoms. The van der Waals surface area contributed by atoms with Crippen LogP contribution in [0.15, 0.2) is 46.2 Å². The lowest BCUT2D eigenvalue weighted by molar-refractivity contribution is 0.178. The smallest absolute Gasteiger partial charge is 0.268 e. The SMILES string of the molecule is COCCn1c(C2CCCN2Cc2cn(C)c(=O)cn2)nc2ccccc2c1=O. The Hall–Kier alpha value is -2.84. The Bertz CT molecular complexity index is 1140. The number of para-hydroxylation sites is 1. The molecule has 8 nitrogen and oxygen atoms in total. The first-order chi connectivity index (χ1) is 14.1. The van der Waals surface area contributed by atoms with Crippen molar-refractivity contribution >= 4 is 10.9 Å². The molecule has 4 rings (SSSR count). The van der Waals surface area contributed by atoms with Gasteiger partial charge in [-0.1, -0.05) is 12.1 Å². The Morgan fingerprint density at radius 3 is 2.86 bits per heavy atom. The van der Waals surface area contributed by atoms with E-state index >= 15 is 0 Å². The van der Waals surface area contributed by atoms with Gasteiger partial charge in [0.1, 0.15) is 5.82 Å². The van der Waals surface area contributed by atoms with Crippen LogP contribution >= 0.6 is 0 Å². The fraction of sp³-hybridized carbons (Fsp3) is 0.429. The van der Waals surface area contributed by atoms with Gasteiger partial charge in [0.25, 0.3) is 11.1 Å². The topological polar surface area (TPSA) is 82.2 Å². The first-order valence-electron chi connectivity index (χ1n) is 9.82. The Morgan fingerprint density at radius 1 is 1.24 bits per heavy atom. The Morgan fingerprint density at radius 2 is 2.07 bits per heavy atom. The summed E-state index contributed by atoms with van der Waals surface area (Å²) in [6, 6.07) is 7.48. The van der Waals surface area contributed by atoms with Gasteiger partial charge < -0.3 is 9.30 Å². The second kappa shape index (κ2) is 8.26. The lowest BCUT2D eigenvalue weighted by Crippen LogP contribution is -2.33. The van der Waals surface area contributed by atoms with Crippen LogP contribution in [0.1, 0.15) is 30.4 Å². The van der Waals surface area contributed by atoms with E-state index in [4.69, 9.17) is 9.72 Å². The van der Waals surface area contributed by atoms with Crippen molar-refractivity contribution < 1.29 is 4.74 Å². The van der Waals surface area contributed by atoms with Gasteiger partial charge in [0.2, 0.25) is 0 Å². The number of benzene rings is 1. The van der Waals surface area contributed by atoms with Gasteiger partial charge in [0, 0.05) is 26.9 Å². The maximum absolute atomic E-state index is 13.2. The van der Waals surface area contributed by atoms with Gasteiger partial charge in [0.15, 0.2) is 0 Å². The molecular formula is C21H25N5O3. The van der Waals surface area contributed by atoms with Gasteiger partial charge in [-0.15, -0.1) is 0 Å². The number of rotatable bonds is 6. The fourth-order valence-electron chi connectivity index (χ4n) is 3.99. The molecule has 152 valence electrons. The third-order valence-electron chi connectivity index (χ3n) is 5.47. The van der Waals surface area contributed by atoms with Crippen LogP contribution in [0.2, 0.25) is 0 Å². The quantitative estimate of drug-likeness (QED) is 0.629. The minimum absolute atomic E-state index is 0.0168. The summed E-state index contributed by atoms with van der Waals surface area (Å²) in [5, 5.41) is 0.622. The number of ether oxygens (including phenoxy) is 1. The Balaban J connectivity index is 1.74. The number of methoxy groups -OCH3 is 1. The summed E-state index contributed by atoms with van der Waals surface area (Å²) in [6.45, 7) is 2.40. The molecule has 3 heterocycles. The summed E-state index contributed by atoms with van der Waals surface area (Å²) in [5.74, 6) is 0.771. The zero-order valence-corrected chi connectivity index (χ0v) is 16.7. The zero-order chi connectivity index (χ0) is 20.4. The largest absolute Gasteiger partial charge is 0.383 e. The number of hydrogen-bond acceptors (Lipinski definition) is 6. The normalized spacial score (nSPS) is 17.2. The molecule has 1 aromatic carbocycles. The van der Waals surface area contributed by atoms with Crippen LogP contribution in [0.3, 0.4) is 0 Å². The first kappa shape index (κ1) is 19.5. The van der Waals surface area contributed by atoms with Crippen LogP contribution in [-0.2, 0) is 24.9 Å². The molecule has 0 radical (unpaired) electrons. The highest BCUT2D eigenvalue weighted by atomic mass is 16.5. The molecule has 0 amide bonds. The first-order valence-corrected chi connectivity index (χ1v) is 9.82. The van der Waals surface area contributed by atoms with Gasteiger partial charge >= 0.3 is 0 Å². The van der Waals surface area contributed by atoms with Crippen molar-refractivity contribution in [2.75, 3.05) is 20.3 Å². The molecule has 0 saturated carbocycles. The lowest BCUT2D eigenvalue weighted by atomic mass is 10.1. The number of nitrogens with zero attached hydrogens (tertiary/aromatic N) is 5. The standard InChI is InChI=1S/C21H25N5O3/c1-24-13-15(22-12-19(24)27)14-25-9-5-8-18(25)20-23-17-7-4-3-6-16(17)21(28)26(20)10-11-29-2/h3-4,6-7,12-13,18H,5,8-11,14H2,1-2H3. The van der Waals surface area contributed by atoms with Crippen LogP contribution in [0.25, 0.3) is 10.9 Å². The molecule has 1 aliphatic rings. The van der Waals surface area contributed by atoms with Gasteiger partial charge in [-0.25, -0.2) is 4.98 Å². The van der Waals surface area contributed by atoms with Crippen LogP contribution in [-0.4, -0.2) is 44.3 Å². The van der Waals surface area contributed by atoms with E-state index in [0.717, 1.165) is 30.9 Å². The van der Waals surface area contributed by atoms with Crippen molar-refractivity contribution in [1.29, 1.82) is 0 Å². The molecule has 1 fully saturated rings. The third-order valence-corrected chi connectivity index (χ3v) is 5.47. The molecule has 0 spiro atoms. The molecule has 3 aromatic rings. The summed E-state index contributed by atoms with van der Waals surface area (Å²) >= 11 is 0. The zero-order valence-electron chi connectivity index (χ0n) is 16.7. The summed E-state index contributed by atoms with van der Waals surface area (Å²) in [5.41, 5.74) is 1.38. The average molecular weight is 395 g/mol. The van der Waals surface area contributed by atoms with Gasteiger partial charge in [0.05, 0.1) is 42.0 Å². The summed E-state index contributed by atoms with van der Waals surface area (Å²) in [4.78, 5) is 36.2. The maximum Gasteiger partial charge on any atom is 0.268 e. The maximum atomic E-state index is 13.2. The Kier molecular flexibility index (Phi) is 5.55. The second-order valence-electron chi connectivity index (χ2n) is 7.39. The molecule has 29 heavy (non-hydrogen) atoms. The molecule has 1 saturated heterocycles. The molecule has 1 atom stereocenters. The van der Waals surface area contributed by atoms with E-state index in [1.54, 1.807) is 24.9 Å². The van der Waals surface area contributed by atoms with E-state index in [2.05, 4.69) is 9.88 Å². The minimum Gasteiger partial charge on any atom is -0.383 e. The van der Waals surface area contributed by atoms with Crippen molar-refractivity contribution in [3.05, 3.63) is 68.9 Å².